The summed E-state index contributed by atoms with van der Waals surface area (Å²) in [5.74, 6) is 0.525. The summed E-state index contributed by atoms with van der Waals surface area (Å²) in [6, 6.07) is 7.78. The van der Waals surface area contributed by atoms with Gasteiger partial charge in [0.15, 0.2) is 5.69 Å². The van der Waals surface area contributed by atoms with Crippen molar-refractivity contribution in [3.63, 3.8) is 0 Å². The molecule has 0 unspecified atom stereocenters. The molecule has 24 heavy (non-hydrogen) atoms. The highest BCUT2D eigenvalue weighted by Gasteiger charge is 2.20. The molecule has 2 heterocycles. The lowest BCUT2D eigenvalue weighted by Crippen LogP contribution is -2.29. The van der Waals surface area contributed by atoms with Gasteiger partial charge >= 0.3 is 0 Å². The first kappa shape index (κ1) is 16.4. The van der Waals surface area contributed by atoms with Crippen molar-refractivity contribution >= 4 is 5.91 Å². The first-order valence-corrected chi connectivity index (χ1v) is 8.25. The second kappa shape index (κ2) is 7.44. The topological polar surface area (TPSA) is 81.1 Å². The highest BCUT2D eigenvalue weighted by Crippen LogP contribution is 2.24. The molecule has 2 N–H and O–H groups in total. The summed E-state index contributed by atoms with van der Waals surface area (Å²) in [5.41, 5.74) is 1.27. The first-order chi connectivity index (χ1) is 11.7. The summed E-state index contributed by atoms with van der Waals surface area (Å²) in [7, 11) is 1.62. The minimum absolute atomic E-state index is 0.183. The van der Waals surface area contributed by atoms with Crippen molar-refractivity contribution in [2.75, 3.05) is 20.2 Å². The minimum Gasteiger partial charge on any atom is -0.496 e. The zero-order chi connectivity index (χ0) is 16.9. The number of hydrogen-bond donors (Lipinski definition) is 2. The van der Waals surface area contributed by atoms with Crippen LogP contribution in [0.4, 0.5) is 0 Å². The average Bonchev–Trinajstić information content (AvgIpc) is 3.12. The highest BCUT2D eigenvalue weighted by atomic mass is 16.5. The molecule has 2 aromatic rings. The maximum atomic E-state index is 12.4. The number of piperidine rings is 1. The molecule has 0 radical (unpaired) electrons. The number of rotatable bonds is 5. The van der Waals surface area contributed by atoms with Crippen molar-refractivity contribution in [1.29, 1.82) is 0 Å². The number of methoxy groups -OCH3 is 1. The maximum Gasteiger partial charge on any atom is 0.273 e. The van der Waals surface area contributed by atoms with E-state index in [1.165, 1.54) is 0 Å². The number of aromatic nitrogens is 3. The van der Waals surface area contributed by atoms with E-state index in [0.717, 1.165) is 37.2 Å². The number of ether oxygens (including phenoxy) is 1. The lowest BCUT2D eigenvalue weighted by molar-refractivity contribution is 0.0934. The Labute approximate surface area is 141 Å². The third kappa shape index (κ3) is 3.56. The van der Waals surface area contributed by atoms with Gasteiger partial charge in [0.05, 0.1) is 25.4 Å². The van der Waals surface area contributed by atoms with Crippen molar-refractivity contribution in [3.05, 3.63) is 41.7 Å². The zero-order valence-corrected chi connectivity index (χ0v) is 14.0. The van der Waals surface area contributed by atoms with Crippen LogP contribution in [-0.2, 0) is 0 Å². The Morgan fingerprint density at radius 3 is 2.88 bits per heavy atom. The predicted molar refractivity (Wildman–Crippen MR) is 90.0 cm³/mol. The molecule has 3 rings (SSSR count). The Hall–Kier alpha value is -2.41. The molecular weight excluding hydrogens is 306 g/mol. The molecule has 0 spiro atoms. The summed E-state index contributed by atoms with van der Waals surface area (Å²) in [6.45, 7) is 3.86. The minimum atomic E-state index is -0.228. The van der Waals surface area contributed by atoms with Gasteiger partial charge in [0.1, 0.15) is 5.75 Å². The third-order valence-corrected chi connectivity index (χ3v) is 4.38. The van der Waals surface area contributed by atoms with E-state index < -0.39 is 0 Å². The molecule has 1 aliphatic rings. The molecule has 1 amide bonds. The van der Waals surface area contributed by atoms with Crippen LogP contribution in [-0.4, -0.2) is 41.1 Å². The predicted octanol–water partition coefficient (Wildman–Crippen LogP) is 1.70. The van der Waals surface area contributed by atoms with Crippen molar-refractivity contribution < 1.29 is 9.53 Å². The second-order valence-corrected chi connectivity index (χ2v) is 6.00. The molecule has 1 aliphatic heterocycles. The van der Waals surface area contributed by atoms with E-state index in [0.29, 0.717) is 11.7 Å². The third-order valence-electron chi connectivity index (χ3n) is 4.38. The molecule has 0 aliphatic carbocycles. The molecule has 0 bridgehead atoms. The van der Waals surface area contributed by atoms with Crippen molar-refractivity contribution in [2.24, 2.45) is 0 Å². The number of nitrogens with one attached hydrogen (secondary N) is 2. The monoisotopic (exact) mass is 329 g/mol. The molecule has 128 valence electrons. The number of hydrogen-bond acceptors (Lipinski definition) is 5. The number of benzene rings is 1. The fourth-order valence-corrected chi connectivity index (χ4v) is 3.00. The normalized spacial score (nSPS) is 16.6. The van der Waals surface area contributed by atoms with E-state index in [2.05, 4.69) is 20.9 Å². The van der Waals surface area contributed by atoms with Gasteiger partial charge in [-0.05, 0) is 38.9 Å². The van der Waals surface area contributed by atoms with E-state index in [-0.39, 0.29) is 11.9 Å². The van der Waals surface area contributed by atoms with Gasteiger partial charge in [-0.15, -0.1) is 5.10 Å². The molecular formula is C17H23N5O2. The van der Waals surface area contributed by atoms with Crippen LogP contribution in [0.15, 0.2) is 30.5 Å². The molecule has 7 heteroatoms. The van der Waals surface area contributed by atoms with E-state index in [4.69, 9.17) is 4.74 Å². The molecule has 1 aromatic carbocycles. The van der Waals surface area contributed by atoms with Crippen LogP contribution < -0.4 is 15.4 Å². The SMILES string of the molecule is COc1ccccc1[C@H](C)NC(=O)c1cn(C2CCNCC2)nn1. The van der Waals surface area contributed by atoms with E-state index in [9.17, 15) is 4.79 Å². The molecule has 1 aromatic heterocycles. The van der Waals surface area contributed by atoms with Gasteiger partial charge in [0.2, 0.25) is 0 Å². The van der Waals surface area contributed by atoms with Gasteiger partial charge in [-0.25, -0.2) is 4.68 Å². The van der Waals surface area contributed by atoms with Crippen molar-refractivity contribution in [1.82, 2.24) is 25.6 Å². The number of nitrogens with zero attached hydrogens (tertiary/aromatic N) is 3. The van der Waals surface area contributed by atoms with Crippen LogP contribution in [0.25, 0.3) is 0 Å². The summed E-state index contributed by atoms with van der Waals surface area (Å²) >= 11 is 0. The summed E-state index contributed by atoms with van der Waals surface area (Å²) in [4.78, 5) is 12.4. The van der Waals surface area contributed by atoms with E-state index >= 15 is 0 Å². The zero-order valence-electron chi connectivity index (χ0n) is 14.0. The number of carbonyl (C=O) groups is 1. The summed E-state index contributed by atoms with van der Waals surface area (Å²) < 4.78 is 7.16. The molecule has 1 fully saturated rings. The maximum absolute atomic E-state index is 12.4. The summed E-state index contributed by atoms with van der Waals surface area (Å²) in [6.07, 6.45) is 3.74. The lowest BCUT2D eigenvalue weighted by Gasteiger charge is -2.22. The van der Waals surface area contributed by atoms with Gasteiger partial charge < -0.3 is 15.4 Å². The fraction of sp³-hybridized carbons (Fsp3) is 0.471. The molecule has 1 saturated heterocycles. The molecule has 7 nitrogen and oxygen atoms in total. The van der Waals surface area contributed by atoms with Crippen LogP contribution in [0.2, 0.25) is 0 Å². The van der Waals surface area contributed by atoms with Gasteiger partial charge in [-0.1, -0.05) is 23.4 Å². The lowest BCUT2D eigenvalue weighted by atomic mass is 10.1. The molecule has 0 saturated carbocycles. The quantitative estimate of drug-likeness (QED) is 0.873. The molecule has 1 atom stereocenters. The number of carbonyl (C=O) groups excluding carboxylic acids is 1. The van der Waals surface area contributed by atoms with Crippen LogP contribution in [0.3, 0.4) is 0 Å². The van der Waals surface area contributed by atoms with Crippen molar-refractivity contribution in [3.8, 4) is 5.75 Å². The van der Waals surface area contributed by atoms with Gasteiger partial charge in [-0.3, -0.25) is 4.79 Å². The van der Waals surface area contributed by atoms with Gasteiger partial charge in [0, 0.05) is 5.56 Å². The Morgan fingerprint density at radius 1 is 1.38 bits per heavy atom. The number of para-hydroxylation sites is 1. The second-order valence-electron chi connectivity index (χ2n) is 6.00. The Morgan fingerprint density at radius 2 is 2.12 bits per heavy atom. The standard InChI is InChI=1S/C17H23N5O2/c1-12(14-5-3-4-6-16(14)24-2)19-17(23)15-11-22(21-20-15)13-7-9-18-10-8-13/h3-6,11-13,18H,7-10H2,1-2H3,(H,19,23)/t12-/m0/s1. The van der Waals surface area contributed by atoms with Crippen LogP contribution >= 0.6 is 0 Å². The average molecular weight is 329 g/mol. The fourth-order valence-electron chi connectivity index (χ4n) is 3.00. The number of amides is 1. The largest absolute Gasteiger partial charge is 0.496 e. The van der Waals surface area contributed by atoms with Gasteiger partial charge in [-0.2, -0.15) is 0 Å². The highest BCUT2D eigenvalue weighted by molar-refractivity contribution is 5.92. The van der Waals surface area contributed by atoms with Crippen molar-refractivity contribution in [2.45, 2.75) is 31.8 Å². The van der Waals surface area contributed by atoms with Crippen LogP contribution in [0, 0.1) is 0 Å². The van der Waals surface area contributed by atoms with E-state index in [1.807, 2.05) is 35.9 Å². The Kier molecular flexibility index (Phi) is 5.10. The first-order valence-electron chi connectivity index (χ1n) is 8.25. The Balaban J connectivity index is 1.67. The Bertz CT molecular complexity index is 694. The van der Waals surface area contributed by atoms with Crippen LogP contribution in [0.5, 0.6) is 5.75 Å². The smallest absolute Gasteiger partial charge is 0.273 e. The van der Waals surface area contributed by atoms with Gasteiger partial charge in [0.25, 0.3) is 5.91 Å². The summed E-state index contributed by atoms with van der Waals surface area (Å²) in [5, 5.41) is 14.4. The van der Waals surface area contributed by atoms with E-state index in [1.54, 1.807) is 13.3 Å². The van der Waals surface area contributed by atoms with Crippen LogP contribution in [0.1, 0.15) is 47.9 Å².